The lowest BCUT2D eigenvalue weighted by atomic mass is 10.1. The quantitative estimate of drug-likeness (QED) is 0.865. The van der Waals surface area contributed by atoms with E-state index in [1.54, 1.807) is 6.07 Å². The first-order valence-electron chi connectivity index (χ1n) is 6.21. The maximum atomic E-state index is 13.0. The number of amides is 1. The average Bonchev–Trinajstić information content (AvgIpc) is 2.92. The SMILES string of the molecule is N#Cc1ncn(CC(=O)NCc2ccc(F)cc2C(F)(F)F)n1. The van der Waals surface area contributed by atoms with E-state index in [0.717, 1.165) is 23.1 Å². The lowest BCUT2D eigenvalue weighted by Gasteiger charge is -2.13. The summed E-state index contributed by atoms with van der Waals surface area (Å²) in [5.41, 5.74) is -1.41. The van der Waals surface area contributed by atoms with Crippen LogP contribution in [0.4, 0.5) is 17.6 Å². The number of alkyl halides is 3. The van der Waals surface area contributed by atoms with Gasteiger partial charge in [0.05, 0.1) is 5.56 Å². The van der Waals surface area contributed by atoms with Gasteiger partial charge in [0.15, 0.2) is 0 Å². The van der Waals surface area contributed by atoms with E-state index in [2.05, 4.69) is 15.4 Å². The van der Waals surface area contributed by atoms with Gasteiger partial charge in [0.25, 0.3) is 5.82 Å². The summed E-state index contributed by atoms with van der Waals surface area (Å²) in [6, 6.07) is 3.89. The standard InChI is InChI=1S/C13H9F4N5O/c14-9-2-1-8(10(3-9)13(15,16)17)5-19-12(23)6-22-7-20-11(4-18)21-22/h1-3,7H,5-6H2,(H,19,23). The monoisotopic (exact) mass is 327 g/mol. The van der Waals surface area contributed by atoms with Crippen molar-refractivity contribution in [3.63, 3.8) is 0 Å². The Hall–Kier alpha value is -2.96. The number of carbonyl (C=O) groups excluding carboxylic acids is 1. The Morgan fingerprint density at radius 3 is 2.74 bits per heavy atom. The molecule has 120 valence electrons. The van der Waals surface area contributed by atoms with E-state index < -0.39 is 30.0 Å². The third-order valence-electron chi connectivity index (χ3n) is 2.80. The van der Waals surface area contributed by atoms with Gasteiger partial charge in [-0.1, -0.05) is 6.07 Å². The van der Waals surface area contributed by atoms with E-state index >= 15 is 0 Å². The van der Waals surface area contributed by atoms with Crippen LogP contribution < -0.4 is 5.32 Å². The van der Waals surface area contributed by atoms with Crippen LogP contribution in [-0.4, -0.2) is 20.7 Å². The predicted octanol–water partition coefficient (Wildman–Crippen LogP) is 1.62. The van der Waals surface area contributed by atoms with E-state index in [0.29, 0.717) is 6.07 Å². The summed E-state index contributed by atoms with van der Waals surface area (Å²) in [6.07, 6.45) is -3.58. The average molecular weight is 327 g/mol. The van der Waals surface area contributed by atoms with Gasteiger partial charge in [0, 0.05) is 6.54 Å². The number of benzene rings is 1. The number of hydrogen-bond donors (Lipinski definition) is 1. The summed E-state index contributed by atoms with van der Waals surface area (Å²) in [4.78, 5) is 15.3. The minimum atomic E-state index is -4.73. The van der Waals surface area contributed by atoms with Gasteiger partial charge in [-0.15, -0.1) is 5.10 Å². The summed E-state index contributed by atoms with van der Waals surface area (Å²) in [5.74, 6) is -1.77. The maximum Gasteiger partial charge on any atom is 0.416 e. The Morgan fingerprint density at radius 2 is 2.13 bits per heavy atom. The van der Waals surface area contributed by atoms with Gasteiger partial charge < -0.3 is 5.32 Å². The topological polar surface area (TPSA) is 83.6 Å². The van der Waals surface area contributed by atoms with Crippen molar-refractivity contribution in [2.75, 3.05) is 0 Å². The molecule has 2 rings (SSSR count). The second kappa shape index (κ2) is 6.43. The summed E-state index contributed by atoms with van der Waals surface area (Å²) >= 11 is 0. The zero-order chi connectivity index (χ0) is 17.0. The maximum absolute atomic E-state index is 13.0. The molecule has 0 aliphatic heterocycles. The van der Waals surface area contributed by atoms with E-state index in [1.807, 2.05) is 0 Å². The number of rotatable bonds is 4. The highest BCUT2D eigenvalue weighted by atomic mass is 19.4. The van der Waals surface area contributed by atoms with Crippen LogP contribution in [0.25, 0.3) is 0 Å². The van der Waals surface area contributed by atoms with Crippen molar-refractivity contribution in [3.8, 4) is 6.07 Å². The second-order valence-corrected chi connectivity index (χ2v) is 4.45. The predicted molar refractivity (Wildman–Crippen MR) is 68.0 cm³/mol. The van der Waals surface area contributed by atoms with Crippen LogP contribution in [0.2, 0.25) is 0 Å². The third kappa shape index (κ3) is 4.26. The Labute approximate surface area is 127 Å². The number of nitriles is 1. The molecule has 1 amide bonds. The fraction of sp³-hybridized carbons (Fsp3) is 0.231. The van der Waals surface area contributed by atoms with Crippen molar-refractivity contribution in [2.24, 2.45) is 0 Å². The highest BCUT2D eigenvalue weighted by Crippen LogP contribution is 2.32. The number of nitrogens with zero attached hydrogens (tertiary/aromatic N) is 4. The fourth-order valence-corrected chi connectivity index (χ4v) is 1.79. The van der Waals surface area contributed by atoms with Crippen molar-refractivity contribution in [1.82, 2.24) is 20.1 Å². The second-order valence-electron chi connectivity index (χ2n) is 4.45. The van der Waals surface area contributed by atoms with Crippen LogP contribution in [-0.2, 0) is 24.1 Å². The fourth-order valence-electron chi connectivity index (χ4n) is 1.79. The molecule has 6 nitrogen and oxygen atoms in total. The van der Waals surface area contributed by atoms with Crippen molar-refractivity contribution in [1.29, 1.82) is 5.26 Å². The number of nitrogens with one attached hydrogen (secondary N) is 1. The van der Waals surface area contributed by atoms with E-state index in [-0.39, 0.29) is 17.9 Å². The van der Waals surface area contributed by atoms with Crippen LogP contribution >= 0.6 is 0 Å². The van der Waals surface area contributed by atoms with Gasteiger partial charge in [0.2, 0.25) is 5.91 Å². The zero-order valence-corrected chi connectivity index (χ0v) is 11.4. The molecule has 0 unspecified atom stereocenters. The van der Waals surface area contributed by atoms with E-state index in [9.17, 15) is 22.4 Å². The zero-order valence-electron chi connectivity index (χ0n) is 11.4. The van der Waals surface area contributed by atoms with Crippen molar-refractivity contribution >= 4 is 5.91 Å². The molecule has 0 bridgehead atoms. The van der Waals surface area contributed by atoms with Crippen LogP contribution in [0, 0.1) is 17.1 Å². The number of halogens is 4. The molecule has 0 radical (unpaired) electrons. The lowest BCUT2D eigenvalue weighted by molar-refractivity contribution is -0.138. The molecule has 1 aromatic carbocycles. The van der Waals surface area contributed by atoms with Gasteiger partial charge in [0.1, 0.15) is 24.8 Å². The molecule has 1 heterocycles. The molecular formula is C13H9F4N5O. The normalized spacial score (nSPS) is 11.1. The van der Waals surface area contributed by atoms with Crippen molar-refractivity contribution in [3.05, 3.63) is 47.3 Å². The molecule has 0 fully saturated rings. The van der Waals surface area contributed by atoms with Crippen molar-refractivity contribution in [2.45, 2.75) is 19.3 Å². The molecule has 0 saturated carbocycles. The highest BCUT2D eigenvalue weighted by molar-refractivity contribution is 5.75. The van der Waals surface area contributed by atoms with Crippen LogP contribution in [0.15, 0.2) is 24.5 Å². The lowest BCUT2D eigenvalue weighted by Crippen LogP contribution is -2.28. The largest absolute Gasteiger partial charge is 0.416 e. The molecule has 23 heavy (non-hydrogen) atoms. The summed E-state index contributed by atoms with van der Waals surface area (Å²) in [7, 11) is 0. The smallest absolute Gasteiger partial charge is 0.350 e. The number of aromatic nitrogens is 3. The molecule has 1 N–H and O–H groups in total. The van der Waals surface area contributed by atoms with E-state index in [4.69, 9.17) is 5.26 Å². The summed E-state index contributed by atoms with van der Waals surface area (Å²) < 4.78 is 52.5. The van der Waals surface area contributed by atoms with Gasteiger partial charge in [-0.25, -0.2) is 14.1 Å². The molecule has 2 aromatic rings. The summed E-state index contributed by atoms with van der Waals surface area (Å²) in [5, 5.41) is 14.5. The minimum absolute atomic E-state index is 0.129. The molecule has 0 aliphatic carbocycles. The third-order valence-corrected chi connectivity index (χ3v) is 2.80. The molecule has 0 saturated heterocycles. The molecule has 0 spiro atoms. The van der Waals surface area contributed by atoms with Crippen LogP contribution in [0.5, 0.6) is 0 Å². The highest BCUT2D eigenvalue weighted by Gasteiger charge is 2.33. The minimum Gasteiger partial charge on any atom is -0.350 e. The molecule has 10 heteroatoms. The Bertz CT molecular complexity index is 762. The number of carbonyl (C=O) groups is 1. The van der Waals surface area contributed by atoms with Crippen LogP contribution in [0.3, 0.4) is 0 Å². The Balaban J connectivity index is 2.03. The Kier molecular flexibility index (Phi) is 4.59. The van der Waals surface area contributed by atoms with Crippen LogP contribution in [0.1, 0.15) is 17.0 Å². The summed E-state index contributed by atoms with van der Waals surface area (Å²) in [6.45, 7) is -0.731. The van der Waals surface area contributed by atoms with Crippen molar-refractivity contribution < 1.29 is 22.4 Å². The molecule has 0 atom stereocenters. The van der Waals surface area contributed by atoms with Gasteiger partial charge in [-0.05, 0) is 17.7 Å². The van der Waals surface area contributed by atoms with Gasteiger partial charge >= 0.3 is 6.18 Å². The van der Waals surface area contributed by atoms with Gasteiger partial charge in [-0.3, -0.25) is 4.79 Å². The molecular weight excluding hydrogens is 318 g/mol. The Morgan fingerprint density at radius 1 is 1.39 bits per heavy atom. The molecule has 1 aromatic heterocycles. The first kappa shape index (κ1) is 16.4. The number of hydrogen-bond acceptors (Lipinski definition) is 4. The first-order chi connectivity index (χ1) is 10.8. The van der Waals surface area contributed by atoms with E-state index in [1.165, 1.54) is 0 Å². The molecule has 0 aliphatic rings. The first-order valence-corrected chi connectivity index (χ1v) is 6.21. The van der Waals surface area contributed by atoms with Gasteiger partial charge in [-0.2, -0.15) is 18.4 Å².